The normalized spacial score (nSPS) is 12.9. The van der Waals surface area contributed by atoms with Crippen molar-refractivity contribution in [1.82, 2.24) is 15.1 Å². The van der Waals surface area contributed by atoms with E-state index in [-0.39, 0.29) is 23.7 Å². The van der Waals surface area contributed by atoms with Gasteiger partial charge in [0.2, 0.25) is 0 Å². The van der Waals surface area contributed by atoms with Gasteiger partial charge in [-0.15, -0.1) is 0 Å². The Labute approximate surface area is 141 Å². The average molecular weight is 333 g/mol. The van der Waals surface area contributed by atoms with E-state index in [1.54, 1.807) is 16.8 Å². The maximum atomic E-state index is 13.1. The van der Waals surface area contributed by atoms with Crippen molar-refractivity contribution in [3.8, 4) is 5.69 Å². The Morgan fingerprint density at radius 2 is 1.96 bits per heavy atom. The number of nitrogens with one attached hydrogen (secondary N) is 1. The fourth-order valence-electron chi connectivity index (χ4n) is 2.30. The van der Waals surface area contributed by atoms with Crippen LogP contribution >= 0.6 is 0 Å². The number of hydrogen-bond donors (Lipinski definition) is 2. The fraction of sp³-hybridized carbons (Fsp3) is 0.444. The molecule has 2 rings (SSSR count). The van der Waals surface area contributed by atoms with Crippen LogP contribution in [0.1, 0.15) is 43.7 Å². The molecule has 2 N–H and O–H groups in total. The molecule has 1 aromatic carbocycles. The van der Waals surface area contributed by atoms with Crippen molar-refractivity contribution in [1.29, 1.82) is 0 Å². The summed E-state index contributed by atoms with van der Waals surface area (Å²) >= 11 is 0. The summed E-state index contributed by atoms with van der Waals surface area (Å²) in [7, 11) is 0. The number of benzene rings is 1. The Morgan fingerprint density at radius 1 is 1.33 bits per heavy atom. The summed E-state index contributed by atoms with van der Waals surface area (Å²) in [5.74, 6) is -0.596. The highest BCUT2D eigenvalue weighted by atomic mass is 19.1. The molecule has 0 saturated heterocycles. The van der Waals surface area contributed by atoms with Crippen molar-refractivity contribution in [3.63, 3.8) is 0 Å². The van der Waals surface area contributed by atoms with Gasteiger partial charge in [0, 0.05) is 6.54 Å². The van der Waals surface area contributed by atoms with Crippen LogP contribution < -0.4 is 5.32 Å². The van der Waals surface area contributed by atoms with Gasteiger partial charge in [-0.05, 0) is 36.1 Å². The summed E-state index contributed by atoms with van der Waals surface area (Å²) in [6.07, 6.45) is 1.46. The summed E-state index contributed by atoms with van der Waals surface area (Å²) in [5, 5.41) is 17.1. The van der Waals surface area contributed by atoms with E-state index < -0.39 is 6.10 Å². The molecule has 1 amide bonds. The smallest absolute Gasteiger partial charge is 0.254 e. The first-order valence-corrected chi connectivity index (χ1v) is 8.03. The largest absolute Gasteiger partial charge is 0.391 e. The average Bonchev–Trinajstić information content (AvgIpc) is 2.96. The van der Waals surface area contributed by atoms with Crippen molar-refractivity contribution in [2.45, 2.75) is 40.2 Å². The third-order valence-electron chi connectivity index (χ3n) is 3.98. The summed E-state index contributed by atoms with van der Waals surface area (Å²) in [4.78, 5) is 12.4. The molecule has 2 aromatic rings. The lowest BCUT2D eigenvalue weighted by molar-refractivity contribution is 0.0586. The molecule has 1 aromatic heterocycles. The van der Waals surface area contributed by atoms with Gasteiger partial charge in [-0.2, -0.15) is 5.10 Å². The summed E-state index contributed by atoms with van der Waals surface area (Å²) < 4.78 is 14.7. The number of halogens is 1. The molecule has 1 heterocycles. The van der Waals surface area contributed by atoms with Crippen LogP contribution in [0.3, 0.4) is 0 Å². The molecule has 130 valence electrons. The summed E-state index contributed by atoms with van der Waals surface area (Å²) in [6.45, 7) is 7.83. The molecule has 0 fully saturated rings. The molecule has 0 aliphatic heterocycles. The molecule has 24 heavy (non-hydrogen) atoms. The number of hydrogen-bond acceptors (Lipinski definition) is 3. The number of rotatable bonds is 5. The number of amides is 1. The Hall–Kier alpha value is -2.21. The van der Waals surface area contributed by atoms with E-state index >= 15 is 0 Å². The Balaban J connectivity index is 2.19. The number of aromatic nitrogens is 2. The molecule has 0 radical (unpaired) electrons. The fourth-order valence-corrected chi connectivity index (χ4v) is 2.30. The van der Waals surface area contributed by atoms with E-state index in [2.05, 4.69) is 10.4 Å². The van der Waals surface area contributed by atoms with Gasteiger partial charge < -0.3 is 10.4 Å². The lowest BCUT2D eigenvalue weighted by Crippen LogP contribution is -2.39. The highest BCUT2D eigenvalue weighted by molar-refractivity contribution is 5.95. The standard InChI is InChI=1S/C18H24FN3O2/c1-5-15-14(17(24)20-11-16(23)18(2,3)4)10-21-22(15)13-8-6-12(19)7-9-13/h6-10,16,23H,5,11H2,1-4H3,(H,20,24). The van der Waals surface area contributed by atoms with Gasteiger partial charge >= 0.3 is 0 Å². The molecule has 5 nitrogen and oxygen atoms in total. The Morgan fingerprint density at radius 3 is 2.50 bits per heavy atom. The maximum absolute atomic E-state index is 13.1. The molecular formula is C18H24FN3O2. The van der Waals surface area contributed by atoms with Crippen LogP contribution in [0, 0.1) is 11.2 Å². The zero-order valence-electron chi connectivity index (χ0n) is 14.5. The molecule has 1 unspecified atom stereocenters. The minimum atomic E-state index is -0.640. The van der Waals surface area contributed by atoms with E-state index in [1.807, 2.05) is 27.7 Å². The van der Waals surface area contributed by atoms with Gasteiger partial charge in [0.25, 0.3) is 5.91 Å². The first kappa shape index (κ1) is 18.1. The van der Waals surface area contributed by atoms with Crippen LogP contribution in [-0.2, 0) is 6.42 Å². The molecule has 6 heteroatoms. The van der Waals surface area contributed by atoms with Gasteiger partial charge in [0.05, 0.1) is 29.2 Å². The highest BCUT2D eigenvalue weighted by Gasteiger charge is 2.24. The van der Waals surface area contributed by atoms with Crippen molar-refractivity contribution in [2.75, 3.05) is 6.54 Å². The van der Waals surface area contributed by atoms with Crippen molar-refractivity contribution in [3.05, 3.63) is 47.5 Å². The van der Waals surface area contributed by atoms with Gasteiger partial charge in [0.1, 0.15) is 5.82 Å². The molecule has 0 spiro atoms. The lowest BCUT2D eigenvalue weighted by Gasteiger charge is -2.25. The second-order valence-electron chi connectivity index (χ2n) is 6.84. The van der Waals surface area contributed by atoms with Gasteiger partial charge in [0.15, 0.2) is 0 Å². The SMILES string of the molecule is CCc1c(C(=O)NCC(O)C(C)(C)C)cnn1-c1ccc(F)cc1. The predicted octanol–water partition coefficient (Wildman–Crippen LogP) is 2.71. The van der Waals surface area contributed by atoms with Gasteiger partial charge in [-0.3, -0.25) is 4.79 Å². The molecule has 1 atom stereocenters. The third-order valence-corrected chi connectivity index (χ3v) is 3.98. The summed E-state index contributed by atoms with van der Waals surface area (Å²) in [5.41, 5.74) is 1.59. The second-order valence-corrected chi connectivity index (χ2v) is 6.84. The Bertz CT molecular complexity index is 702. The number of carbonyl (C=O) groups is 1. The number of aliphatic hydroxyl groups is 1. The number of aliphatic hydroxyl groups excluding tert-OH is 1. The van der Waals surface area contributed by atoms with Crippen molar-refractivity contribution < 1.29 is 14.3 Å². The van der Waals surface area contributed by atoms with Crippen LogP contribution in [-0.4, -0.2) is 33.4 Å². The van der Waals surface area contributed by atoms with Gasteiger partial charge in [-0.25, -0.2) is 9.07 Å². The predicted molar refractivity (Wildman–Crippen MR) is 90.7 cm³/mol. The van der Waals surface area contributed by atoms with Gasteiger partial charge in [-0.1, -0.05) is 27.7 Å². The quantitative estimate of drug-likeness (QED) is 0.884. The van der Waals surface area contributed by atoms with E-state index in [0.717, 1.165) is 5.69 Å². The first-order chi connectivity index (χ1) is 11.2. The van der Waals surface area contributed by atoms with Crippen LogP contribution in [0.15, 0.2) is 30.5 Å². The van der Waals surface area contributed by atoms with Crippen molar-refractivity contribution in [2.24, 2.45) is 5.41 Å². The summed E-state index contributed by atoms with van der Waals surface area (Å²) in [6, 6.07) is 5.95. The van der Waals surface area contributed by atoms with Crippen molar-refractivity contribution >= 4 is 5.91 Å². The third kappa shape index (κ3) is 4.00. The monoisotopic (exact) mass is 333 g/mol. The van der Waals surface area contributed by atoms with Crippen LogP contribution in [0.2, 0.25) is 0 Å². The number of nitrogens with zero attached hydrogens (tertiary/aromatic N) is 2. The van der Waals surface area contributed by atoms with Crippen LogP contribution in [0.4, 0.5) is 4.39 Å². The van der Waals surface area contributed by atoms with Crippen LogP contribution in [0.5, 0.6) is 0 Å². The zero-order valence-corrected chi connectivity index (χ0v) is 14.5. The molecule has 0 aliphatic rings. The van der Waals surface area contributed by atoms with E-state index in [4.69, 9.17) is 0 Å². The Kier molecular flexibility index (Phi) is 5.39. The van der Waals surface area contributed by atoms with E-state index in [0.29, 0.717) is 17.7 Å². The number of carbonyl (C=O) groups excluding carboxylic acids is 1. The topological polar surface area (TPSA) is 67.2 Å². The molecule has 0 saturated carbocycles. The van der Waals surface area contributed by atoms with Crippen LogP contribution in [0.25, 0.3) is 5.69 Å². The zero-order chi connectivity index (χ0) is 17.9. The molecule has 0 aliphatic carbocycles. The highest BCUT2D eigenvalue weighted by Crippen LogP contribution is 2.19. The van der Waals surface area contributed by atoms with E-state index in [1.165, 1.54) is 18.3 Å². The minimum Gasteiger partial charge on any atom is -0.391 e. The maximum Gasteiger partial charge on any atom is 0.254 e. The van der Waals surface area contributed by atoms with E-state index in [9.17, 15) is 14.3 Å². The lowest BCUT2D eigenvalue weighted by atomic mass is 9.89. The molecule has 0 bridgehead atoms. The minimum absolute atomic E-state index is 0.174. The second kappa shape index (κ2) is 7.13. The molecular weight excluding hydrogens is 309 g/mol. The first-order valence-electron chi connectivity index (χ1n) is 8.03.